The topological polar surface area (TPSA) is 221 Å². The molecular weight excluding hydrogens is 654 g/mol. The number of nitrogens with one attached hydrogen (secondary N) is 5. The normalized spacial score (nSPS) is 25.7. The van der Waals surface area contributed by atoms with E-state index in [2.05, 4.69) is 26.6 Å². The smallest absolute Gasteiger partial charge is 0.247 e. The first-order valence-corrected chi connectivity index (χ1v) is 16.9. The summed E-state index contributed by atoms with van der Waals surface area (Å²) >= 11 is 1.56. The van der Waals surface area contributed by atoms with Gasteiger partial charge < -0.3 is 47.1 Å². The lowest BCUT2D eigenvalue weighted by Crippen LogP contribution is -2.58. The highest BCUT2D eigenvalue weighted by molar-refractivity contribution is 7.13. The predicted molar refractivity (Wildman–Crippen MR) is 181 cm³/mol. The van der Waals surface area contributed by atoms with Crippen LogP contribution in [-0.2, 0) is 33.5 Å². The number of aliphatic hydroxyl groups is 1. The summed E-state index contributed by atoms with van der Waals surface area (Å²) in [5.41, 5.74) is 7.30. The van der Waals surface area contributed by atoms with Gasteiger partial charge in [-0.15, -0.1) is 11.3 Å². The second kappa shape index (κ2) is 16.3. The second-order valence-corrected chi connectivity index (χ2v) is 14.1. The summed E-state index contributed by atoms with van der Waals surface area (Å²) in [5, 5.41) is 25.5. The Kier molecular flexibility index (Phi) is 12.5. The largest absolute Gasteiger partial charge is 0.391 e. The van der Waals surface area contributed by atoms with E-state index >= 15 is 0 Å². The van der Waals surface area contributed by atoms with E-state index in [1.54, 1.807) is 44.2 Å². The fraction of sp³-hybridized carbons (Fsp3) is 0.515. The molecule has 1 aromatic carbocycles. The monoisotopic (exact) mass is 699 g/mol. The maximum absolute atomic E-state index is 13.9. The lowest BCUT2D eigenvalue weighted by Gasteiger charge is -2.35. The number of carbonyl (C=O) groups is 6. The fourth-order valence-corrected chi connectivity index (χ4v) is 6.57. The van der Waals surface area contributed by atoms with Crippen molar-refractivity contribution in [2.45, 2.75) is 64.4 Å². The molecule has 1 aromatic heterocycles. The Bertz CT molecular complexity index is 1540. The van der Waals surface area contributed by atoms with Crippen LogP contribution < -0.4 is 32.3 Å². The van der Waals surface area contributed by atoms with Crippen molar-refractivity contribution in [2.24, 2.45) is 11.1 Å². The van der Waals surface area contributed by atoms with E-state index in [1.807, 2.05) is 30.5 Å². The molecule has 266 valence electrons. The first-order valence-electron chi connectivity index (χ1n) is 16.0. The van der Waals surface area contributed by atoms with Crippen LogP contribution in [0.3, 0.4) is 0 Å². The molecular formula is C33H45N7O8S. The van der Waals surface area contributed by atoms with Crippen LogP contribution in [0.2, 0.25) is 0 Å². The summed E-state index contributed by atoms with van der Waals surface area (Å²) < 4.78 is 5.38. The van der Waals surface area contributed by atoms with Crippen LogP contribution in [0.1, 0.15) is 44.4 Å². The number of hydrogen-bond acceptors (Lipinski definition) is 10. The van der Waals surface area contributed by atoms with Crippen LogP contribution in [0.4, 0.5) is 0 Å². The summed E-state index contributed by atoms with van der Waals surface area (Å²) in [6, 6.07) is 4.35. The molecule has 6 amide bonds. The van der Waals surface area contributed by atoms with Crippen LogP contribution in [0.15, 0.2) is 35.7 Å². The molecule has 0 spiro atoms. The zero-order valence-corrected chi connectivity index (χ0v) is 28.9. The van der Waals surface area contributed by atoms with Gasteiger partial charge in [0.15, 0.2) is 0 Å². The highest BCUT2D eigenvalue weighted by Crippen LogP contribution is 2.31. The van der Waals surface area contributed by atoms with Crippen molar-refractivity contribution in [1.82, 2.24) is 31.5 Å². The van der Waals surface area contributed by atoms with Gasteiger partial charge in [0.1, 0.15) is 30.8 Å². The lowest BCUT2D eigenvalue weighted by atomic mass is 9.85. The average Bonchev–Trinajstić information content (AvgIpc) is 3.67. The highest BCUT2D eigenvalue weighted by atomic mass is 32.1. The van der Waals surface area contributed by atoms with Gasteiger partial charge in [0.05, 0.1) is 19.3 Å². The van der Waals surface area contributed by atoms with Gasteiger partial charge in [0.2, 0.25) is 35.4 Å². The second-order valence-electron chi connectivity index (χ2n) is 13.2. The zero-order chi connectivity index (χ0) is 35.9. The molecule has 4 rings (SSSR count). The molecule has 0 saturated carbocycles. The quantitative estimate of drug-likeness (QED) is 0.210. The number of aryl methyl sites for hydroxylation is 1. The minimum atomic E-state index is -1.30. The molecule has 2 aliphatic rings. The highest BCUT2D eigenvalue weighted by Gasteiger charge is 2.45. The molecule has 2 aromatic rings. The first kappa shape index (κ1) is 37.4. The van der Waals surface area contributed by atoms with Crippen LogP contribution in [0, 0.1) is 12.3 Å². The number of amides is 6. The van der Waals surface area contributed by atoms with E-state index in [-0.39, 0.29) is 32.7 Å². The Morgan fingerprint density at radius 3 is 2.29 bits per heavy atom. The minimum Gasteiger partial charge on any atom is -0.391 e. The van der Waals surface area contributed by atoms with Crippen LogP contribution in [0.5, 0.6) is 0 Å². The van der Waals surface area contributed by atoms with Gasteiger partial charge in [-0.2, -0.15) is 0 Å². The van der Waals surface area contributed by atoms with E-state index in [4.69, 9.17) is 10.5 Å². The molecule has 0 bridgehead atoms. The van der Waals surface area contributed by atoms with Gasteiger partial charge in [-0.3, -0.25) is 28.8 Å². The third-order valence-electron chi connectivity index (χ3n) is 8.29. The maximum Gasteiger partial charge on any atom is 0.247 e. The third-order valence-corrected chi connectivity index (χ3v) is 9.36. The molecule has 0 aliphatic carbocycles. The van der Waals surface area contributed by atoms with Gasteiger partial charge in [0, 0.05) is 30.9 Å². The number of carbonyl (C=O) groups excluding carboxylic acids is 6. The van der Waals surface area contributed by atoms with Gasteiger partial charge in [-0.1, -0.05) is 45.0 Å². The average molecular weight is 700 g/mol. The Morgan fingerprint density at radius 1 is 0.939 bits per heavy atom. The number of aliphatic hydroxyl groups excluding tert-OH is 1. The molecule has 2 fully saturated rings. The summed E-state index contributed by atoms with van der Waals surface area (Å²) in [5.74, 6) is -3.91. The van der Waals surface area contributed by atoms with Gasteiger partial charge >= 0.3 is 0 Å². The predicted octanol–water partition coefficient (Wildman–Crippen LogP) is -0.920. The van der Waals surface area contributed by atoms with Crippen LogP contribution in [-0.4, -0.2) is 109 Å². The van der Waals surface area contributed by atoms with E-state index < -0.39 is 84.3 Å². The number of benzene rings is 1. The summed E-state index contributed by atoms with van der Waals surface area (Å²) in [6.45, 7) is 5.85. The number of hydrogen-bond donors (Lipinski definition) is 7. The van der Waals surface area contributed by atoms with Crippen LogP contribution in [0.25, 0.3) is 10.4 Å². The Hall–Kier alpha value is -4.38. The first-order chi connectivity index (χ1) is 23.2. The number of rotatable bonds is 3. The molecule has 2 saturated heterocycles. The molecule has 49 heavy (non-hydrogen) atoms. The van der Waals surface area contributed by atoms with Crippen molar-refractivity contribution in [2.75, 3.05) is 39.4 Å². The number of fused-ring (bicyclic) bond motifs is 1. The van der Waals surface area contributed by atoms with Crippen molar-refractivity contribution in [3.05, 3.63) is 46.8 Å². The van der Waals surface area contributed by atoms with Crippen molar-refractivity contribution in [3.63, 3.8) is 0 Å². The number of nitrogens with two attached hydrogens (primary N) is 1. The number of ether oxygens (including phenoxy) is 1. The molecule has 0 unspecified atom stereocenters. The van der Waals surface area contributed by atoms with Crippen molar-refractivity contribution in [3.8, 4) is 10.4 Å². The van der Waals surface area contributed by atoms with Gasteiger partial charge in [-0.25, -0.2) is 0 Å². The Morgan fingerprint density at radius 2 is 1.65 bits per heavy atom. The van der Waals surface area contributed by atoms with E-state index in [0.717, 1.165) is 16.0 Å². The molecule has 15 nitrogen and oxygen atoms in total. The Labute approximate surface area is 288 Å². The van der Waals surface area contributed by atoms with E-state index in [9.17, 15) is 33.9 Å². The number of thiophene rings is 1. The van der Waals surface area contributed by atoms with Crippen LogP contribution >= 0.6 is 11.3 Å². The van der Waals surface area contributed by atoms with Crippen molar-refractivity contribution >= 4 is 46.8 Å². The number of nitrogens with zero attached hydrogens (tertiary/aromatic N) is 1. The standard InChI is InChI=1S/C33H45N7O8S/c1-18-9-12-49-27(18)20-7-5-19(6-8-20)26-31(46)36-15-24(42)37-22(14-34)29(44)35-10-11-48-17-25(43)38-28(33(2,3)4)32(47)40-16-21(41)13-23(40)30(45)39-26/h5-9,12,21-23,26,28,41H,10-11,13-17,34H2,1-4H3,(H,35,44)(H,36,46)(H,37,42)(H,38,43)(H,39,45)/t21-,22-,23+,26-,28-/m1/s1. The third kappa shape index (κ3) is 9.62. The lowest BCUT2D eigenvalue weighted by molar-refractivity contribution is -0.145. The van der Waals surface area contributed by atoms with E-state index in [0.29, 0.717) is 5.56 Å². The fourth-order valence-electron chi connectivity index (χ4n) is 5.64. The molecule has 8 N–H and O–H groups in total. The van der Waals surface area contributed by atoms with Crippen molar-refractivity contribution in [1.29, 1.82) is 0 Å². The zero-order valence-electron chi connectivity index (χ0n) is 28.0. The molecule has 3 heterocycles. The summed E-state index contributed by atoms with van der Waals surface area (Å²) in [4.78, 5) is 82.0. The minimum absolute atomic E-state index is 0.00446. The van der Waals surface area contributed by atoms with Gasteiger partial charge in [-0.05, 0) is 40.5 Å². The van der Waals surface area contributed by atoms with Gasteiger partial charge in [0.25, 0.3) is 0 Å². The SMILES string of the molecule is Cc1ccsc1-c1ccc([C@H]2NC(=O)[C@@H]3C[C@@H](O)CN3C(=O)[C@H](C(C)(C)C)NC(=O)COCCNC(=O)[C@@H](CN)NC(=O)CNC2=O)cc1. The Balaban J connectivity index is 1.66. The summed E-state index contributed by atoms with van der Waals surface area (Å²) in [7, 11) is 0. The van der Waals surface area contributed by atoms with E-state index in [1.165, 1.54) is 4.90 Å². The molecule has 0 radical (unpaired) electrons. The molecule has 16 heteroatoms. The summed E-state index contributed by atoms with van der Waals surface area (Å²) in [6.07, 6.45) is -1.12. The molecule has 2 aliphatic heterocycles. The van der Waals surface area contributed by atoms with Crippen molar-refractivity contribution < 1.29 is 38.6 Å². The maximum atomic E-state index is 13.9. The molecule has 5 atom stereocenters.